The summed E-state index contributed by atoms with van der Waals surface area (Å²) in [7, 11) is 1.65. The summed E-state index contributed by atoms with van der Waals surface area (Å²) < 4.78 is 11.2. The molecule has 1 aromatic rings. The van der Waals surface area contributed by atoms with E-state index in [0.29, 0.717) is 30.0 Å². The first-order valence-corrected chi connectivity index (χ1v) is 6.14. The highest BCUT2D eigenvalue weighted by atomic mass is 32.1. The molecule has 1 aliphatic heterocycles. The van der Waals surface area contributed by atoms with Gasteiger partial charge in [-0.05, 0) is 6.07 Å². The summed E-state index contributed by atoms with van der Waals surface area (Å²) >= 11 is 5.13. The number of pyridine rings is 1. The molecule has 0 radical (unpaired) electrons. The Hall–Kier alpha value is -1.42. The van der Waals surface area contributed by atoms with E-state index in [9.17, 15) is 5.26 Å². The van der Waals surface area contributed by atoms with Crippen molar-refractivity contribution in [2.45, 2.75) is 6.10 Å². The minimum absolute atomic E-state index is 0.0352. The molecule has 0 aromatic carbocycles. The molecule has 1 unspecified atom stereocenters. The van der Waals surface area contributed by atoms with Crippen molar-refractivity contribution in [2.24, 2.45) is 0 Å². The Labute approximate surface area is 111 Å². The van der Waals surface area contributed by atoms with Crippen molar-refractivity contribution in [1.82, 2.24) is 4.98 Å². The summed E-state index contributed by atoms with van der Waals surface area (Å²) in [5.41, 5.74) is 1.39. The number of morpholine rings is 1. The molecule has 2 rings (SSSR count). The number of ether oxygens (including phenoxy) is 2. The maximum absolute atomic E-state index is 9.18. The lowest BCUT2D eigenvalue weighted by Crippen LogP contribution is -2.44. The highest BCUT2D eigenvalue weighted by molar-refractivity contribution is 7.71. The maximum atomic E-state index is 9.18. The molecule has 0 aliphatic carbocycles. The van der Waals surface area contributed by atoms with Gasteiger partial charge in [-0.2, -0.15) is 5.26 Å². The van der Waals surface area contributed by atoms with Crippen molar-refractivity contribution in [3.8, 4) is 6.07 Å². The number of anilines is 1. The number of aromatic nitrogens is 1. The predicted octanol–water partition coefficient (Wildman–Crippen LogP) is 1.47. The Morgan fingerprint density at radius 3 is 3.28 bits per heavy atom. The molecular formula is C12H15N3O2S. The standard InChI is InChI=1S/C12H15N3O2S/c1-16-8-9-7-15(4-5-17-9)11-2-3-14-12(18)10(11)6-13/h2-3,9H,4-5,7-8H2,1H3,(H,14,18). The Morgan fingerprint density at radius 2 is 2.56 bits per heavy atom. The van der Waals surface area contributed by atoms with Crippen molar-refractivity contribution in [1.29, 1.82) is 5.26 Å². The van der Waals surface area contributed by atoms with Crippen LogP contribution in [0.25, 0.3) is 0 Å². The third-order valence-corrected chi connectivity index (χ3v) is 3.20. The lowest BCUT2D eigenvalue weighted by atomic mass is 10.2. The van der Waals surface area contributed by atoms with Crippen LogP contribution in [0.1, 0.15) is 5.56 Å². The van der Waals surface area contributed by atoms with Gasteiger partial charge in [0.15, 0.2) is 0 Å². The van der Waals surface area contributed by atoms with Crippen molar-refractivity contribution < 1.29 is 9.47 Å². The normalized spacial score (nSPS) is 19.6. The van der Waals surface area contributed by atoms with E-state index in [1.54, 1.807) is 13.3 Å². The molecule has 1 atom stereocenters. The zero-order valence-corrected chi connectivity index (χ0v) is 11.0. The third-order valence-electron chi connectivity index (χ3n) is 2.88. The average molecular weight is 265 g/mol. The van der Waals surface area contributed by atoms with E-state index >= 15 is 0 Å². The molecule has 0 spiro atoms. The molecule has 0 amide bonds. The zero-order valence-electron chi connectivity index (χ0n) is 10.2. The van der Waals surface area contributed by atoms with E-state index in [0.717, 1.165) is 12.2 Å². The number of nitrogens with one attached hydrogen (secondary N) is 1. The van der Waals surface area contributed by atoms with Crippen LogP contribution in [-0.2, 0) is 9.47 Å². The van der Waals surface area contributed by atoms with Gasteiger partial charge in [0.05, 0.1) is 25.0 Å². The summed E-state index contributed by atoms with van der Waals surface area (Å²) in [6.45, 7) is 2.65. The number of nitrogens with zero attached hydrogens (tertiary/aromatic N) is 2. The molecule has 1 N–H and O–H groups in total. The molecule has 5 nitrogen and oxygen atoms in total. The molecule has 0 saturated carbocycles. The van der Waals surface area contributed by atoms with Gasteiger partial charge in [-0.3, -0.25) is 0 Å². The Balaban J connectivity index is 2.24. The summed E-state index contributed by atoms with van der Waals surface area (Å²) in [6.07, 6.45) is 1.80. The summed E-state index contributed by atoms with van der Waals surface area (Å²) in [6, 6.07) is 4.04. The lowest BCUT2D eigenvalue weighted by molar-refractivity contribution is -0.0100. The number of hydrogen-bond donors (Lipinski definition) is 1. The van der Waals surface area contributed by atoms with Gasteiger partial charge < -0.3 is 19.4 Å². The SMILES string of the molecule is COCC1CN(c2cc[nH]c(=S)c2C#N)CCO1. The topological polar surface area (TPSA) is 61.3 Å². The fourth-order valence-corrected chi connectivity index (χ4v) is 2.28. The molecular weight excluding hydrogens is 250 g/mol. The minimum atomic E-state index is 0.0352. The second kappa shape index (κ2) is 5.96. The van der Waals surface area contributed by atoms with Crippen LogP contribution in [0.3, 0.4) is 0 Å². The Bertz CT molecular complexity index is 507. The van der Waals surface area contributed by atoms with E-state index in [4.69, 9.17) is 21.7 Å². The molecule has 1 saturated heterocycles. The van der Waals surface area contributed by atoms with Crippen LogP contribution < -0.4 is 4.90 Å². The van der Waals surface area contributed by atoms with Gasteiger partial charge in [0.1, 0.15) is 16.3 Å². The molecule has 1 aliphatic rings. The monoisotopic (exact) mass is 265 g/mol. The Kier molecular flexibility index (Phi) is 4.31. The maximum Gasteiger partial charge on any atom is 0.123 e. The zero-order chi connectivity index (χ0) is 13.0. The van der Waals surface area contributed by atoms with Crippen molar-refractivity contribution in [3.05, 3.63) is 22.5 Å². The number of hydrogen-bond acceptors (Lipinski definition) is 5. The molecule has 96 valence electrons. The number of H-pyrrole nitrogens is 1. The fraction of sp³-hybridized carbons (Fsp3) is 0.500. The summed E-state index contributed by atoms with van der Waals surface area (Å²) in [4.78, 5) is 5.00. The largest absolute Gasteiger partial charge is 0.382 e. The van der Waals surface area contributed by atoms with Gasteiger partial charge >= 0.3 is 0 Å². The molecule has 6 heteroatoms. The second-order valence-corrected chi connectivity index (χ2v) is 4.48. The van der Waals surface area contributed by atoms with Crippen LogP contribution in [-0.4, -0.2) is 44.5 Å². The number of methoxy groups -OCH3 is 1. The van der Waals surface area contributed by atoms with Crippen LogP contribution in [0.5, 0.6) is 0 Å². The van der Waals surface area contributed by atoms with Crippen molar-refractivity contribution >= 4 is 17.9 Å². The predicted molar refractivity (Wildman–Crippen MR) is 70.2 cm³/mol. The molecule has 2 heterocycles. The number of aromatic amines is 1. The molecule has 18 heavy (non-hydrogen) atoms. The lowest BCUT2D eigenvalue weighted by Gasteiger charge is -2.34. The quantitative estimate of drug-likeness (QED) is 0.839. The third kappa shape index (κ3) is 2.70. The van der Waals surface area contributed by atoms with Crippen LogP contribution >= 0.6 is 12.2 Å². The van der Waals surface area contributed by atoms with Crippen LogP contribution in [0, 0.1) is 16.0 Å². The van der Waals surface area contributed by atoms with Gasteiger partial charge in [-0.15, -0.1) is 0 Å². The minimum Gasteiger partial charge on any atom is -0.382 e. The number of nitriles is 1. The van der Waals surface area contributed by atoms with Crippen LogP contribution in [0.2, 0.25) is 0 Å². The van der Waals surface area contributed by atoms with Crippen LogP contribution in [0.4, 0.5) is 5.69 Å². The van der Waals surface area contributed by atoms with Crippen molar-refractivity contribution in [3.63, 3.8) is 0 Å². The van der Waals surface area contributed by atoms with E-state index < -0.39 is 0 Å². The van der Waals surface area contributed by atoms with Gasteiger partial charge in [-0.25, -0.2) is 0 Å². The first-order chi connectivity index (χ1) is 8.76. The number of rotatable bonds is 3. The van der Waals surface area contributed by atoms with E-state index in [1.165, 1.54) is 0 Å². The average Bonchev–Trinajstić information content (AvgIpc) is 2.39. The van der Waals surface area contributed by atoms with Gasteiger partial charge in [0.2, 0.25) is 0 Å². The highest BCUT2D eigenvalue weighted by Crippen LogP contribution is 2.22. The summed E-state index contributed by atoms with van der Waals surface area (Å²) in [5.74, 6) is 0. The van der Waals surface area contributed by atoms with Gasteiger partial charge in [0, 0.05) is 26.4 Å². The molecule has 1 fully saturated rings. The molecule has 0 bridgehead atoms. The smallest absolute Gasteiger partial charge is 0.123 e. The van der Waals surface area contributed by atoms with Crippen LogP contribution in [0.15, 0.2) is 12.3 Å². The van der Waals surface area contributed by atoms with E-state index in [2.05, 4.69) is 16.0 Å². The summed E-state index contributed by atoms with van der Waals surface area (Å²) in [5, 5.41) is 9.18. The van der Waals surface area contributed by atoms with E-state index in [1.807, 2.05) is 6.07 Å². The van der Waals surface area contributed by atoms with Gasteiger partial charge in [-0.1, -0.05) is 12.2 Å². The van der Waals surface area contributed by atoms with Crippen molar-refractivity contribution in [2.75, 3.05) is 38.3 Å². The fourth-order valence-electron chi connectivity index (χ4n) is 2.06. The van der Waals surface area contributed by atoms with E-state index in [-0.39, 0.29) is 6.10 Å². The Morgan fingerprint density at radius 1 is 1.72 bits per heavy atom. The highest BCUT2D eigenvalue weighted by Gasteiger charge is 2.22. The molecule has 1 aromatic heterocycles. The first-order valence-electron chi connectivity index (χ1n) is 5.73. The first kappa shape index (κ1) is 13.0. The second-order valence-electron chi connectivity index (χ2n) is 4.07. The van der Waals surface area contributed by atoms with Gasteiger partial charge in [0.25, 0.3) is 0 Å².